The number of nitrogens with two attached hydrogens (primary N) is 1. The number of carbonyl (C=O) groups is 1. The molecule has 0 radical (unpaired) electrons. The molecule has 6 nitrogen and oxygen atoms in total. The molecule has 1 fully saturated rings. The first-order valence-corrected chi connectivity index (χ1v) is 7.20. The van der Waals surface area contributed by atoms with Crippen LogP contribution in [0.2, 0.25) is 0 Å². The van der Waals surface area contributed by atoms with Crippen LogP contribution in [-0.2, 0) is 11.3 Å². The summed E-state index contributed by atoms with van der Waals surface area (Å²) in [7, 11) is 2.04. The highest BCUT2D eigenvalue weighted by molar-refractivity contribution is 5.77. The van der Waals surface area contributed by atoms with E-state index in [9.17, 15) is 4.79 Å². The van der Waals surface area contributed by atoms with E-state index < -0.39 is 0 Å². The van der Waals surface area contributed by atoms with Gasteiger partial charge in [-0.25, -0.2) is 0 Å². The number of primary amides is 1. The molecule has 20 heavy (non-hydrogen) atoms. The number of hydrogen-bond donors (Lipinski definition) is 1. The maximum Gasteiger partial charge on any atom is 0.223 e. The molecule has 0 bridgehead atoms. The number of carbonyl (C=O) groups excluding carboxylic acids is 1. The van der Waals surface area contributed by atoms with Crippen molar-refractivity contribution >= 4 is 5.91 Å². The molecular formula is C14H25N5O. The molecule has 1 saturated heterocycles. The van der Waals surface area contributed by atoms with Gasteiger partial charge in [0.1, 0.15) is 0 Å². The Morgan fingerprint density at radius 2 is 2.20 bits per heavy atom. The number of amides is 1. The third-order valence-corrected chi connectivity index (χ3v) is 3.84. The average Bonchev–Trinajstić information content (AvgIpc) is 2.74. The monoisotopic (exact) mass is 279 g/mol. The Morgan fingerprint density at radius 3 is 2.85 bits per heavy atom. The van der Waals surface area contributed by atoms with Gasteiger partial charge in [0.05, 0.1) is 11.6 Å². The van der Waals surface area contributed by atoms with Crippen LogP contribution in [0.4, 0.5) is 0 Å². The van der Waals surface area contributed by atoms with Crippen molar-refractivity contribution in [2.75, 3.05) is 33.2 Å². The zero-order chi connectivity index (χ0) is 14.7. The molecule has 112 valence electrons. The van der Waals surface area contributed by atoms with E-state index in [1.54, 1.807) is 0 Å². The molecule has 2 heterocycles. The molecule has 1 amide bonds. The Hall–Kier alpha value is -1.40. The van der Waals surface area contributed by atoms with Gasteiger partial charge in [-0.05, 0) is 27.0 Å². The van der Waals surface area contributed by atoms with Crippen LogP contribution in [0.1, 0.15) is 25.6 Å². The molecule has 1 atom stereocenters. The van der Waals surface area contributed by atoms with Crippen LogP contribution < -0.4 is 5.73 Å². The molecule has 1 aromatic heterocycles. The molecule has 1 aliphatic rings. The number of rotatable bonds is 4. The normalized spacial score (nSPS) is 22.1. The van der Waals surface area contributed by atoms with Crippen molar-refractivity contribution < 1.29 is 4.79 Å². The Kier molecular flexibility index (Phi) is 4.77. The number of aromatic nitrogens is 2. The van der Waals surface area contributed by atoms with Crippen LogP contribution in [0.25, 0.3) is 0 Å². The van der Waals surface area contributed by atoms with Crippen LogP contribution in [0.3, 0.4) is 0 Å². The van der Waals surface area contributed by atoms with E-state index in [1.165, 1.54) is 5.69 Å². The maximum absolute atomic E-state index is 11.5. The predicted molar refractivity (Wildman–Crippen MR) is 78.1 cm³/mol. The molecular weight excluding hydrogens is 254 g/mol. The van der Waals surface area contributed by atoms with Gasteiger partial charge in [-0.15, -0.1) is 0 Å². The molecule has 2 N–H and O–H groups in total. The van der Waals surface area contributed by atoms with Crippen molar-refractivity contribution in [2.45, 2.75) is 26.4 Å². The van der Waals surface area contributed by atoms with E-state index >= 15 is 0 Å². The summed E-state index contributed by atoms with van der Waals surface area (Å²) in [5.74, 6) is -0.306. The molecule has 0 aromatic carbocycles. The first-order chi connectivity index (χ1) is 9.47. The maximum atomic E-state index is 11.5. The second-order valence-corrected chi connectivity index (χ2v) is 5.96. The summed E-state index contributed by atoms with van der Waals surface area (Å²) in [6, 6.07) is 2.40. The van der Waals surface area contributed by atoms with Crippen molar-refractivity contribution in [1.82, 2.24) is 19.6 Å². The highest BCUT2D eigenvalue weighted by Gasteiger charge is 2.25. The zero-order valence-electron chi connectivity index (χ0n) is 12.6. The van der Waals surface area contributed by atoms with Gasteiger partial charge < -0.3 is 10.6 Å². The van der Waals surface area contributed by atoms with E-state index in [0.29, 0.717) is 6.04 Å². The van der Waals surface area contributed by atoms with Gasteiger partial charge in [0.2, 0.25) is 5.91 Å². The number of hydrogen-bond acceptors (Lipinski definition) is 4. The molecule has 0 unspecified atom stereocenters. The molecule has 0 saturated carbocycles. The van der Waals surface area contributed by atoms with Crippen molar-refractivity contribution in [2.24, 2.45) is 11.7 Å². The van der Waals surface area contributed by atoms with Crippen LogP contribution in [0.15, 0.2) is 12.3 Å². The van der Waals surface area contributed by atoms with Crippen molar-refractivity contribution in [1.29, 1.82) is 0 Å². The van der Waals surface area contributed by atoms with Gasteiger partial charge in [0, 0.05) is 45.0 Å². The minimum Gasteiger partial charge on any atom is -0.369 e. The van der Waals surface area contributed by atoms with Gasteiger partial charge in [0.15, 0.2) is 0 Å². The fourth-order valence-corrected chi connectivity index (χ4v) is 2.72. The zero-order valence-corrected chi connectivity index (χ0v) is 12.6. The Morgan fingerprint density at radius 1 is 1.45 bits per heavy atom. The van der Waals surface area contributed by atoms with Gasteiger partial charge in [0.25, 0.3) is 0 Å². The summed E-state index contributed by atoms with van der Waals surface area (Å²) >= 11 is 0. The van der Waals surface area contributed by atoms with Crippen molar-refractivity contribution in [3.8, 4) is 0 Å². The molecule has 0 aliphatic carbocycles. The molecule has 6 heteroatoms. The topological polar surface area (TPSA) is 67.4 Å². The third kappa shape index (κ3) is 3.58. The molecule has 1 aromatic rings. The summed E-state index contributed by atoms with van der Waals surface area (Å²) in [6.45, 7) is 8.44. The van der Waals surface area contributed by atoms with Crippen molar-refractivity contribution in [3.63, 3.8) is 0 Å². The standard InChI is InChI=1S/C14H25N5O/c1-11(2)19-13(4-5-16-19)10-18-7-6-17(3)8-12(9-18)14(15)20/h4-5,11-12H,6-10H2,1-3H3,(H2,15,20)/t12-/m1/s1. The largest absolute Gasteiger partial charge is 0.369 e. The first-order valence-electron chi connectivity index (χ1n) is 7.20. The highest BCUT2D eigenvalue weighted by Crippen LogP contribution is 2.14. The van der Waals surface area contributed by atoms with Gasteiger partial charge in [-0.1, -0.05) is 0 Å². The van der Waals surface area contributed by atoms with Gasteiger partial charge in [-0.3, -0.25) is 14.4 Å². The van der Waals surface area contributed by atoms with E-state index in [0.717, 1.165) is 32.7 Å². The average molecular weight is 279 g/mol. The van der Waals surface area contributed by atoms with Gasteiger partial charge in [-0.2, -0.15) is 5.10 Å². The van der Waals surface area contributed by atoms with Crippen LogP contribution in [-0.4, -0.2) is 58.7 Å². The molecule has 1 aliphatic heterocycles. The lowest BCUT2D eigenvalue weighted by atomic mass is 10.1. The minimum atomic E-state index is -0.207. The summed E-state index contributed by atoms with van der Waals surface area (Å²) in [5, 5.41) is 4.36. The smallest absolute Gasteiger partial charge is 0.223 e. The van der Waals surface area contributed by atoms with E-state index in [1.807, 2.05) is 24.0 Å². The Bertz CT molecular complexity index is 456. The van der Waals surface area contributed by atoms with E-state index in [4.69, 9.17) is 5.73 Å². The van der Waals surface area contributed by atoms with Crippen LogP contribution in [0.5, 0.6) is 0 Å². The Labute approximate surface area is 120 Å². The fourth-order valence-electron chi connectivity index (χ4n) is 2.72. The van der Waals surface area contributed by atoms with Crippen molar-refractivity contribution in [3.05, 3.63) is 18.0 Å². The van der Waals surface area contributed by atoms with Gasteiger partial charge >= 0.3 is 0 Å². The Balaban J connectivity index is 2.07. The van der Waals surface area contributed by atoms with E-state index in [2.05, 4.69) is 28.7 Å². The lowest BCUT2D eigenvalue weighted by Crippen LogP contribution is -2.37. The summed E-state index contributed by atoms with van der Waals surface area (Å²) in [5.41, 5.74) is 6.69. The third-order valence-electron chi connectivity index (χ3n) is 3.84. The second kappa shape index (κ2) is 6.37. The minimum absolute atomic E-state index is 0.0991. The van der Waals surface area contributed by atoms with Crippen LogP contribution in [0, 0.1) is 5.92 Å². The highest BCUT2D eigenvalue weighted by atomic mass is 16.1. The summed E-state index contributed by atoms with van der Waals surface area (Å²) < 4.78 is 2.04. The summed E-state index contributed by atoms with van der Waals surface area (Å²) in [4.78, 5) is 16.0. The quantitative estimate of drug-likeness (QED) is 0.861. The summed E-state index contributed by atoms with van der Waals surface area (Å²) in [6.07, 6.45) is 1.84. The van der Waals surface area contributed by atoms with Crippen LogP contribution >= 0.6 is 0 Å². The first kappa shape index (κ1) is 15.0. The number of nitrogens with zero attached hydrogens (tertiary/aromatic N) is 4. The fraction of sp³-hybridized carbons (Fsp3) is 0.714. The molecule has 2 rings (SSSR count). The van der Waals surface area contributed by atoms with E-state index in [-0.39, 0.29) is 11.8 Å². The SMILES string of the molecule is CC(C)n1nccc1CN1CCN(C)C[C@@H](C(N)=O)C1. The second-order valence-electron chi connectivity index (χ2n) is 5.96. The lowest BCUT2D eigenvalue weighted by Gasteiger charge is -2.23. The lowest BCUT2D eigenvalue weighted by molar-refractivity contribution is -0.122. The number of likely N-dealkylation sites (N-methyl/N-ethyl adjacent to an activating group) is 1. The predicted octanol–water partition coefficient (Wildman–Crippen LogP) is 0.313. The molecule has 0 spiro atoms.